The van der Waals surface area contributed by atoms with Crippen molar-refractivity contribution in [1.82, 2.24) is 9.61 Å². The van der Waals surface area contributed by atoms with Crippen LogP contribution < -0.4 is 10.1 Å². The zero-order valence-electron chi connectivity index (χ0n) is 13.9. The first-order chi connectivity index (χ1) is 12.1. The van der Waals surface area contributed by atoms with E-state index in [0.717, 1.165) is 0 Å². The molecule has 0 saturated carbocycles. The summed E-state index contributed by atoms with van der Waals surface area (Å²) in [5.74, 6) is -0.276. The van der Waals surface area contributed by atoms with Gasteiger partial charge in [0, 0.05) is 11.9 Å². The summed E-state index contributed by atoms with van der Waals surface area (Å²) >= 11 is 0. The van der Waals surface area contributed by atoms with Gasteiger partial charge in [-0.15, -0.1) is 0 Å². The molecule has 3 aromatic rings. The number of fused-ring (bicyclic) bond motifs is 1. The molecule has 0 aliphatic carbocycles. The number of nitrogens with one attached hydrogen (secondary N) is 1. The fourth-order valence-corrected chi connectivity index (χ4v) is 2.46. The lowest BCUT2D eigenvalue weighted by Gasteiger charge is -2.09. The first-order valence-corrected chi connectivity index (χ1v) is 7.73. The molecule has 7 heteroatoms. The topological polar surface area (TPSA) is 81.9 Å². The number of carbonyl (C=O) groups is 2. The van der Waals surface area contributed by atoms with Gasteiger partial charge in [0.2, 0.25) is 0 Å². The molecule has 1 aromatic carbocycles. The minimum absolute atomic E-state index is 0.278. The van der Waals surface area contributed by atoms with Gasteiger partial charge in [-0.3, -0.25) is 4.79 Å². The molecular formula is C18H17N3O4. The maximum absolute atomic E-state index is 12.5. The van der Waals surface area contributed by atoms with Gasteiger partial charge >= 0.3 is 5.97 Å². The fraction of sp³-hybridized carbons (Fsp3) is 0.167. The number of esters is 1. The maximum Gasteiger partial charge on any atom is 0.341 e. The Morgan fingerprint density at radius 1 is 1.20 bits per heavy atom. The SMILES string of the molecule is CCOC(=O)c1cnn2ccc(NC(=O)c3ccccc3OC)cc12. The van der Waals surface area contributed by atoms with Gasteiger partial charge in [-0.05, 0) is 31.2 Å². The molecule has 2 aromatic heterocycles. The highest BCUT2D eigenvalue weighted by Crippen LogP contribution is 2.21. The van der Waals surface area contributed by atoms with Crippen LogP contribution in [0.3, 0.4) is 0 Å². The van der Waals surface area contributed by atoms with Crippen molar-refractivity contribution in [2.24, 2.45) is 0 Å². The summed E-state index contributed by atoms with van der Waals surface area (Å²) in [4.78, 5) is 24.5. The van der Waals surface area contributed by atoms with E-state index in [4.69, 9.17) is 9.47 Å². The summed E-state index contributed by atoms with van der Waals surface area (Å²) in [6.45, 7) is 2.02. The van der Waals surface area contributed by atoms with Gasteiger partial charge in [0.1, 0.15) is 11.3 Å². The lowest BCUT2D eigenvalue weighted by atomic mass is 10.2. The quantitative estimate of drug-likeness (QED) is 0.723. The third kappa shape index (κ3) is 3.30. The summed E-state index contributed by atoms with van der Waals surface area (Å²) in [5, 5.41) is 6.91. The molecule has 2 heterocycles. The van der Waals surface area contributed by atoms with Crippen LogP contribution in [0.5, 0.6) is 5.75 Å². The zero-order chi connectivity index (χ0) is 17.8. The minimum Gasteiger partial charge on any atom is -0.496 e. The Labute approximate surface area is 144 Å². The van der Waals surface area contributed by atoms with Gasteiger partial charge in [0.15, 0.2) is 0 Å². The highest BCUT2D eigenvalue weighted by Gasteiger charge is 2.16. The van der Waals surface area contributed by atoms with Crippen molar-refractivity contribution in [1.29, 1.82) is 0 Å². The Morgan fingerprint density at radius 3 is 2.76 bits per heavy atom. The number of aromatic nitrogens is 2. The predicted octanol–water partition coefficient (Wildman–Crippen LogP) is 2.77. The van der Waals surface area contributed by atoms with Crippen molar-refractivity contribution in [3.8, 4) is 5.75 Å². The highest BCUT2D eigenvalue weighted by molar-refractivity contribution is 6.06. The van der Waals surface area contributed by atoms with Gasteiger partial charge in [-0.25, -0.2) is 9.31 Å². The predicted molar refractivity (Wildman–Crippen MR) is 92.1 cm³/mol. The Bertz CT molecular complexity index is 933. The number of hydrogen-bond acceptors (Lipinski definition) is 5. The number of anilines is 1. The lowest BCUT2D eigenvalue weighted by molar-refractivity contribution is 0.0528. The van der Waals surface area contributed by atoms with E-state index in [1.54, 1.807) is 54.0 Å². The number of para-hydroxylation sites is 1. The van der Waals surface area contributed by atoms with Crippen molar-refractivity contribution < 1.29 is 19.1 Å². The van der Waals surface area contributed by atoms with E-state index in [2.05, 4.69) is 10.4 Å². The number of amides is 1. The van der Waals surface area contributed by atoms with Gasteiger partial charge < -0.3 is 14.8 Å². The summed E-state index contributed by atoms with van der Waals surface area (Å²) in [5.41, 5.74) is 1.85. The molecule has 7 nitrogen and oxygen atoms in total. The van der Waals surface area contributed by atoms with Crippen LogP contribution in [0.15, 0.2) is 48.8 Å². The number of ether oxygens (including phenoxy) is 2. The molecule has 0 aliphatic rings. The molecule has 0 radical (unpaired) electrons. The molecule has 0 atom stereocenters. The van der Waals surface area contributed by atoms with E-state index in [9.17, 15) is 9.59 Å². The second kappa shape index (κ2) is 7.04. The van der Waals surface area contributed by atoms with Gasteiger partial charge in [0.05, 0.1) is 31.0 Å². The second-order valence-corrected chi connectivity index (χ2v) is 5.18. The lowest BCUT2D eigenvalue weighted by Crippen LogP contribution is -2.13. The smallest absolute Gasteiger partial charge is 0.341 e. The van der Waals surface area contributed by atoms with Gasteiger partial charge in [-0.1, -0.05) is 12.1 Å². The molecule has 0 spiro atoms. The molecule has 0 bridgehead atoms. The van der Waals surface area contributed by atoms with Crippen LogP contribution >= 0.6 is 0 Å². The number of benzene rings is 1. The maximum atomic E-state index is 12.5. The van der Waals surface area contributed by atoms with Gasteiger partial charge in [0.25, 0.3) is 5.91 Å². The highest BCUT2D eigenvalue weighted by atomic mass is 16.5. The van der Waals surface area contributed by atoms with Crippen molar-refractivity contribution >= 4 is 23.1 Å². The number of methoxy groups -OCH3 is 1. The second-order valence-electron chi connectivity index (χ2n) is 5.18. The Hall–Kier alpha value is -3.35. The molecule has 1 N–H and O–H groups in total. The van der Waals surface area contributed by atoms with Crippen LogP contribution in [-0.4, -0.2) is 35.2 Å². The monoisotopic (exact) mass is 339 g/mol. The first kappa shape index (κ1) is 16.5. The molecule has 0 aliphatic heterocycles. The Balaban J connectivity index is 1.90. The van der Waals surface area contributed by atoms with Crippen LogP contribution in [0.4, 0.5) is 5.69 Å². The van der Waals surface area contributed by atoms with E-state index in [1.165, 1.54) is 13.3 Å². The molecule has 128 valence electrons. The third-order valence-electron chi connectivity index (χ3n) is 3.63. The normalized spacial score (nSPS) is 10.5. The largest absolute Gasteiger partial charge is 0.496 e. The first-order valence-electron chi connectivity index (χ1n) is 7.73. The molecule has 0 unspecified atom stereocenters. The minimum atomic E-state index is -0.453. The molecule has 0 fully saturated rings. The average Bonchev–Trinajstić information content (AvgIpc) is 3.05. The summed E-state index contributed by atoms with van der Waals surface area (Å²) in [7, 11) is 1.51. The molecule has 3 rings (SSSR count). The molecule has 0 saturated heterocycles. The Morgan fingerprint density at radius 2 is 2.00 bits per heavy atom. The van der Waals surface area contributed by atoms with Crippen LogP contribution in [0.2, 0.25) is 0 Å². The molecule has 25 heavy (non-hydrogen) atoms. The number of nitrogens with zero attached hydrogens (tertiary/aromatic N) is 2. The number of carbonyl (C=O) groups excluding carboxylic acids is 2. The standard InChI is InChI=1S/C18H17N3O4/c1-3-25-18(23)14-11-19-21-9-8-12(10-15(14)21)20-17(22)13-6-4-5-7-16(13)24-2/h4-11H,3H2,1-2H3,(H,20,22). The van der Waals surface area contributed by atoms with Crippen LogP contribution in [0, 0.1) is 0 Å². The molecular weight excluding hydrogens is 322 g/mol. The van der Waals surface area contributed by atoms with Crippen molar-refractivity contribution in [2.75, 3.05) is 19.0 Å². The summed E-state index contributed by atoms with van der Waals surface area (Å²) in [6, 6.07) is 10.3. The van der Waals surface area contributed by atoms with E-state index in [-0.39, 0.29) is 12.5 Å². The fourth-order valence-electron chi connectivity index (χ4n) is 2.46. The van der Waals surface area contributed by atoms with Crippen molar-refractivity contribution in [3.05, 3.63) is 59.9 Å². The summed E-state index contributed by atoms with van der Waals surface area (Å²) in [6.07, 6.45) is 3.11. The van der Waals surface area contributed by atoms with Crippen LogP contribution in [0.25, 0.3) is 5.52 Å². The number of pyridine rings is 1. The van der Waals surface area contributed by atoms with E-state index < -0.39 is 5.97 Å². The van der Waals surface area contributed by atoms with E-state index in [0.29, 0.717) is 28.1 Å². The third-order valence-corrected chi connectivity index (χ3v) is 3.63. The van der Waals surface area contributed by atoms with E-state index >= 15 is 0 Å². The number of rotatable bonds is 5. The summed E-state index contributed by atoms with van der Waals surface area (Å²) < 4.78 is 11.8. The average molecular weight is 339 g/mol. The molecule has 1 amide bonds. The van der Waals surface area contributed by atoms with Gasteiger partial charge in [-0.2, -0.15) is 5.10 Å². The zero-order valence-corrected chi connectivity index (χ0v) is 13.9. The Kier molecular flexibility index (Phi) is 4.65. The van der Waals surface area contributed by atoms with Crippen molar-refractivity contribution in [3.63, 3.8) is 0 Å². The number of hydrogen-bond donors (Lipinski definition) is 1. The van der Waals surface area contributed by atoms with Crippen LogP contribution in [0.1, 0.15) is 27.6 Å². The van der Waals surface area contributed by atoms with Crippen molar-refractivity contribution in [2.45, 2.75) is 6.92 Å². The van der Waals surface area contributed by atoms with Crippen LogP contribution in [-0.2, 0) is 4.74 Å². The van der Waals surface area contributed by atoms with E-state index in [1.807, 2.05) is 0 Å².